The van der Waals surface area contributed by atoms with Crippen LogP contribution in [0.4, 0.5) is 17.1 Å². The summed E-state index contributed by atoms with van der Waals surface area (Å²) in [5.74, 6) is 0. The van der Waals surface area contributed by atoms with E-state index in [2.05, 4.69) is 78.9 Å². The van der Waals surface area contributed by atoms with Gasteiger partial charge in [0.2, 0.25) is 0 Å². The van der Waals surface area contributed by atoms with Crippen LogP contribution in [0.3, 0.4) is 0 Å². The van der Waals surface area contributed by atoms with Crippen LogP contribution in [0.5, 0.6) is 0 Å². The van der Waals surface area contributed by atoms with Crippen molar-refractivity contribution in [1.82, 2.24) is 0 Å². The fourth-order valence-electron chi connectivity index (χ4n) is 8.32. The zero-order valence-electron chi connectivity index (χ0n) is 34.3. The molecule has 1 heterocycles. The van der Waals surface area contributed by atoms with Crippen molar-refractivity contribution in [3.8, 4) is 33.4 Å². The Balaban J connectivity index is 1.19. The lowest BCUT2D eigenvalue weighted by Gasteiger charge is -2.28. The van der Waals surface area contributed by atoms with Crippen molar-refractivity contribution in [3.05, 3.63) is 212 Å². The van der Waals surface area contributed by atoms with Crippen LogP contribution in [-0.4, -0.2) is 0 Å². The topological polar surface area (TPSA) is 16.4 Å². The molecule has 11 aromatic rings. The number of furan rings is 1. The van der Waals surface area contributed by atoms with Crippen LogP contribution >= 0.6 is 0 Å². The van der Waals surface area contributed by atoms with Crippen LogP contribution in [0.15, 0.2) is 217 Å². The standard InChI is InChI=1S/C54H35NO/c1-4-18-43-36(13-1)16-11-23-45(43)38-27-31-41(32-28-38)55(42-33-29-39(30-34-42)46-24-12-17-37-14-2-5-19-44(37)46)51-25-9-7-21-48(51)50-35-40-15-3-6-20-47(40)54-53(50)49-22-8-10-26-52(49)56-54/h1-35H/i27D,28D,31D,32D. The molecule has 0 saturated carbocycles. The molecule has 0 N–H and O–H groups in total. The van der Waals surface area contributed by atoms with Gasteiger partial charge in [-0.1, -0.05) is 170 Å². The molecule has 10 aromatic carbocycles. The van der Waals surface area contributed by atoms with Crippen molar-refractivity contribution >= 4 is 71.3 Å². The summed E-state index contributed by atoms with van der Waals surface area (Å²) in [6.45, 7) is 0. The molecule has 262 valence electrons. The minimum Gasteiger partial charge on any atom is -0.455 e. The van der Waals surface area contributed by atoms with E-state index in [1.54, 1.807) is 0 Å². The maximum atomic E-state index is 9.78. The molecule has 0 aliphatic heterocycles. The third-order valence-corrected chi connectivity index (χ3v) is 10.9. The van der Waals surface area contributed by atoms with E-state index in [9.17, 15) is 5.48 Å². The number of hydrogen-bond donors (Lipinski definition) is 0. The molecule has 0 aliphatic carbocycles. The first kappa shape index (κ1) is 28.1. The van der Waals surface area contributed by atoms with E-state index in [1.165, 1.54) is 0 Å². The first-order chi connectivity index (χ1) is 29.5. The molecule has 0 radical (unpaired) electrons. The number of fused-ring (bicyclic) bond motifs is 7. The fraction of sp³-hybridized carbons (Fsp3) is 0. The SMILES string of the molecule is [2H]c1c([2H])c(N(c2ccc(-c3cccc4ccccc34)cc2)c2ccccc2-c2cc3ccccc3c3oc4ccccc4c23)c([2H])c([2H])c1-c1cccc2ccccc12. The number of rotatable bonds is 6. The lowest BCUT2D eigenvalue weighted by Crippen LogP contribution is -2.11. The number of nitrogens with zero attached hydrogens (tertiary/aromatic N) is 1. The van der Waals surface area contributed by atoms with Crippen LogP contribution in [-0.2, 0) is 0 Å². The molecule has 1 aromatic heterocycles. The molecular weight excluding hydrogens is 679 g/mol. The fourth-order valence-corrected chi connectivity index (χ4v) is 8.32. The largest absolute Gasteiger partial charge is 0.455 e. The molecule has 11 rings (SSSR count). The Bertz CT molecular complexity index is 3460. The summed E-state index contributed by atoms with van der Waals surface area (Å²) in [7, 11) is 0. The van der Waals surface area contributed by atoms with E-state index >= 15 is 0 Å². The highest BCUT2D eigenvalue weighted by atomic mass is 16.3. The van der Waals surface area contributed by atoms with E-state index in [0.29, 0.717) is 16.9 Å². The Morgan fingerprint density at radius 1 is 0.375 bits per heavy atom. The quantitative estimate of drug-likeness (QED) is 0.170. The number of hydrogen-bond acceptors (Lipinski definition) is 2. The lowest BCUT2D eigenvalue weighted by molar-refractivity contribution is 0.673. The van der Waals surface area contributed by atoms with Gasteiger partial charge in [0, 0.05) is 33.1 Å². The van der Waals surface area contributed by atoms with Gasteiger partial charge in [0.05, 0.1) is 11.2 Å². The zero-order valence-corrected chi connectivity index (χ0v) is 30.3. The van der Waals surface area contributed by atoms with Crippen LogP contribution in [0.25, 0.3) is 87.6 Å². The summed E-state index contributed by atoms with van der Waals surface area (Å²) in [6, 6.07) is 62.5. The Morgan fingerprint density at radius 2 is 0.911 bits per heavy atom. The Labute approximate surface area is 330 Å². The minimum absolute atomic E-state index is 0.105. The summed E-state index contributed by atoms with van der Waals surface area (Å²) >= 11 is 0. The second kappa shape index (κ2) is 13.2. The third-order valence-electron chi connectivity index (χ3n) is 10.9. The highest BCUT2D eigenvalue weighted by Crippen LogP contribution is 2.47. The molecule has 2 nitrogen and oxygen atoms in total. The molecule has 56 heavy (non-hydrogen) atoms. The van der Waals surface area contributed by atoms with Gasteiger partial charge < -0.3 is 9.32 Å². The molecule has 0 fully saturated rings. The number of benzene rings is 10. The highest BCUT2D eigenvalue weighted by Gasteiger charge is 2.22. The minimum atomic E-state index is -0.135. The monoisotopic (exact) mass is 717 g/mol. The summed E-state index contributed by atoms with van der Waals surface area (Å²) in [5.41, 5.74) is 7.97. The normalized spacial score (nSPS) is 12.6. The number of para-hydroxylation sites is 2. The summed E-state index contributed by atoms with van der Waals surface area (Å²) < 4.78 is 45.3. The smallest absolute Gasteiger partial charge is 0.143 e. The van der Waals surface area contributed by atoms with Crippen LogP contribution < -0.4 is 4.90 Å². The van der Waals surface area contributed by atoms with Gasteiger partial charge in [-0.3, -0.25) is 0 Å². The third kappa shape index (κ3) is 5.26. The van der Waals surface area contributed by atoms with Gasteiger partial charge in [-0.2, -0.15) is 0 Å². The molecule has 0 spiro atoms. The zero-order chi connectivity index (χ0) is 40.5. The first-order valence-electron chi connectivity index (χ1n) is 20.9. The Morgan fingerprint density at radius 3 is 1.62 bits per heavy atom. The molecular formula is C54H35NO. The molecule has 0 saturated heterocycles. The van der Waals surface area contributed by atoms with Crippen molar-refractivity contribution in [2.75, 3.05) is 4.90 Å². The van der Waals surface area contributed by atoms with Crippen molar-refractivity contribution in [3.63, 3.8) is 0 Å². The van der Waals surface area contributed by atoms with E-state index < -0.39 is 0 Å². The van der Waals surface area contributed by atoms with Crippen molar-refractivity contribution in [2.24, 2.45) is 0 Å². The van der Waals surface area contributed by atoms with Crippen molar-refractivity contribution in [2.45, 2.75) is 0 Å². The average Bonchev–Trinajstić information content (AvgIpc) is 3.70. The van der Waals surface area contributed by atoms with E-state index in [4.69, 9.17) is 4.42 Å². The summed E-state index contributed by atoms with van der Waals surface area (Å²) in [6.07, 6.45) is 0. The Hall–Kier alpha value is -7.42. The van der Waals surface area contributed by atoms with E-state index in [0.717, 1.165) is 76.5 Å². The summed E-state index contributed by atoms with van der Waals surface area (Å²) in [5, 5.41) is 8.10. The van der Waals surface area contributed by atoms with Crippen LogP contribution in [0.1, 0.15) is 5.48 Å². The van der Waals surface area contributed by atoms with Crippen LogP contribution in [0, 0.1) is 0 Å². The van der Waals surface area contributed by atoms with Gasteiger partial charge in [0.15, 0.2) is 0 Å². The van der Waals surface area contributed by atoms with Crippen LogP contribution in [0.2, 0.25) is 0 Å². The highest BCUT2D eigenvalue weighted by molar-refractivity contribution is 6.22. The second-order valence-corrected chi connectivity index (χ2v) is 14.1. The molecule has 2 heteroatoms. The molecule has 0 atom stereocenters. The van der Waals surface area contributed by atoms with Crippen molar-refractivity contribution in [1.29, 1.82) is 0 Å². The molecule has 0 unspecified atom stereocenters. The first-order valence-corrected chi connectivity index (χ1v) is 18.9. The van der Waals surface area contributed by atoms with Crippen molar-refractivity contribution < 1.29 is 9.90 Å². The van der Waals surface area contributed by atoms with Gasteiger partial charge in [0.1, 0.15) is 11.2 Å². The molecule has 0 bridgehead atoms. The van der Waals surface area contributed by atoms with Gasteiger partial charge >= 0.3 is 0 Å². The van der Waals surface area contributed by atoms with Gasteiger partial charge in [-0.05, 0) is 97.2 Å². The Kier molecular flexibility index (Phi) is 6.60. The van der Waals surface area contributed by atoms with Gasteiger partial charge in [0.25, 0.3) is 0 Å². The maximum Gasteiger partial charge on any atom is 0.143 e. The van der Waals surface area contributed by atoms with Gasteiger partial charge in [-0.25, -0.2) is 0 Å². The van der Waals surface area contributed by atoms with Gasteiger partial charge in [-0.15, -0.1) is 0 Å². The lowest BCUT2D eigenvalue weighted by atomic mass is 9.93. The molecule has 0 amide bonds. The second-order valence-electron chi connectivity index (χ2n) is 14.1. The predicted octanol–water partition coefficient (Wildman–Crippen LogP) is 15.5. The maximum absolute atomic E-state index is 9.78. The van der Waals surface area contributed by atoms with E-state index in [-0.39, 0.29) is 35.4 Å². The van der Waals surface area contributed by atoms with E-state index in [1.807, 2.05) is 114 Å². The summed E-state index contributed by atoms with van der Waals surface area (Å²) in [4.78, 5) is 1.90. The average molecular weight is 718 g/mol. The number of anilines is 3. The molecule has 0 aliphatic rings. The predicted molar refractivity (Wildman–Crippen MR) is 237 cm³/mol.